The first kappa shape index (κ1) is 20.4. The number of carboxylic acids is 1. The van der Waals surface area contributed by atoms with Crippen LogP contribution in [-0.4, -0.2) is 60.8 Å². The predicted octanol–water partition coefficient (Wildman–Crippen LogP) is 2.03. The van der Waals surface area contributed by atoms with E-state index < -0.39 is 21.8 Å². The highest BCUT2D eigenvalue weighted by atomic mass is 32.2. The van der Waals surface area contributed by atoms with Crippen LogP contribution in [0.1, 0.15) is 50.1 Å². The summed E-state index contributed by atoms with van der Waals surface area (Å²) in [5, 5.41) is 8.48. The van der Waals surface area contributed by atoms with Crippen molar-refractivity contribution in [2.24, 2.45) is 5.92 Å². The van der Waals surface area contributed by atoms with Crippen LogP contribution in [-0.2, 0) is 14.8 Å². The van der Waals surface area contributed by atoms with Crippen molar-refractivity contribution in [1.29, 1.82) is 0 Å². The van der Waals surface area contributed by atoms with Gasteiger partial charge in [0.1, 0.15) is 0 Å². The van der Waals surface area contributed by atoms with E-state index in [1.165, 1.54) is 4.31 Å². The highest BCUT2D eigenvalue weighted by molar-refractivity contribution is 7.89. The first-order valence-corrected chi connectivity index (χ1v) is 10.2. The smallest absolute Gasteiger partial charge is 0.371 e. The summed E-state index contributed by atoms with van der Waals surface area (Å²) in [5.41, 5.74) is 0. The van der Waals surface area contributed by atoms with Crippen molar-refractivity contribution in [2.75, 3.05) is 20.1 Å². The number of nitrogens with zero attached hydrogens (tertiary/aromatic N) is 2. The molecule has 0 spiro atoms. The van der Waals surface area contributed by atoms with Crippen molar-refractivity contribution >= 4 is 21.9 Å². The Hall–Kier alpha value is -1.87. The maximum Gasteiger partial charge on any atom is 0.371 e. The van der Waals surface area contributed by atoms with E-state index in [2.05, 4.69) is 6.92 Å². The zero-order chi connectivity index (χ0) is 19.5. The fourth-order valence-corrected chi connectivity index (χ4v) is 4.54. The van der Waals surface area contributed by atoms with Gasteiger partial charge >= 0.3 is 5.97 Å². The molecule has 0 aliphatic carbocycles. The molecule has 0 radical (unpaired) electrons. The van der Waals surface area contributed by atoms with Gasteiger partial charge in [0.15, 0.2) is 0 Å². The molecule has 9 heteroatoms. The molecule has 0 saturated carbocycles. The third-order valence-electron chi connectivity index (χ3n) is 4.90. The molecule has 1 amide bonds. The van der Waals surface area contributed by atoms with Gasteiger partial charge < -0.3 is 14.4 Å². The minimum Gasteiger partial charge on any atom is -0.475 e. The van der Waals surface area contributed by atoms with Gasteiger partial charge in [-0.05, 0) is 38.3 Å². The van der Waals surface area contributed by atoms with Gasteiger partial charge in [-0.25, -0.2) is 13.2 Å². The number of hydrogen-bond acceptors (Lipinski definition) is 5. The topological polar surface area (TPSA) is 108 Å². The van der Waals surface area contributed by atoms with Gasteiger partial charge in [0.25, 0.3) is 10.0 Å². The van der Waals surface area contributed by atoms with Gasteiger partial charge in [0, 0.05) is 32.1 Å². The number of carbonyl (C=O) groups excluding carboxylic acids is 1. The molecule has 0 aromatic carbocycles. The van der Waals surface area contributed by atoms with E-state index in [0.717, 1.165) is 25.0 Å². The van der Waals surface area contributed by atoms with E-state index in [9.17, 15) is 18.0 Å². The van der Waals surface area contributed by atoms with E-state index in [4.69, 9.17) is 9.52 Å². The Labute approximate surface area is 153 Å². The van der Waals surface area contributed by atoms with Crippen molar-refractivity contribution in [3.8, 4) is 0 Å². The Balaban J connectivity index is 2.00. The SMILES string of the molecule is CCCC(C)N(C)C(=O)C1CCN(S(=O)(=O)c2ccc(C(=O)O)o2)CC1. The van der Waals surface area contributed by atoms with Gasteiger partial charge in [-0.2, -0.15) is 4.31 Å². The van der Waals surface area contributed by atoms with E-state index in [1.54, 1.807) is 11.9 Å². The summed E-state index contributed by atoms with van der Waals surface area (Å²) in [6.07, 6.45) is 2.80. The van der Waals surface area contributed by atoms with Crippen molar-refractivity contribution in [3.05, 3.63) is 17.9 Å². The first-order chi connectivity index (χ1) is 12.2. The minimum atomic E-state index is -3.89. The highest BCUT2D eigenvalue weighted by Gasteiger charge is 2.35. The van der Waals surface area contributed by atoms with Crippen LogP contribution in [0, 0.1) is 5.92 Å². The molecule has 146 valence electrons. The van der Waals surface area contributed by atoms with E-state index in [-0.39, 0.29) is 36.0 Å². The molecular weight excluding hydrogens is 360 g/mol. The van der Waals surface area contributed by atoms with E-state index in [0.29, 0.717) is 12.8 Å². The first-order valence-electron chi connectivity index (χ1n) is 8.78. The molecule has 8 nitrogen and oxygen atoms in total. The van der Waals surface area contributed by atoms with Gasteiger partial charge in [-0.3, -0.25) is 4.79 Å². The second kappa shape index (κ2) is 8.22. The number of hydrogen-bond donors (Lipinski definition) is 1. The summed E-state index contributed by atoms with van der Waals surface area (Å²) in [6.45, 7) is 4.50. The van der Waals surface area contributed by atoms with Gasteiger partial charge in [0.2, 0.25) is 16.8 Å². The summed E-state index contributed by atoms with van der Waals surface area (Å²) in [5.74, 6) is -1.88. The molecule has 2 rings (SSSR count). The van der Waals surface area contributed by atoms with Crippen LogP contribution in [0.15, 0.2) is 21.6 Å². The zero-order valence-electron chi connectivity index (χ0n) is 15.3. The summed E-state index contributed by atoms with van der Waals surface area (Å²) < 4.78 is 31.3. The van der Waals surface area contributed by atoms with Gasteiger partial charge in [0.05, 0.1) is 0 Å². The monoisotopic (exact) mass is 386 g/mol. The van der Waals surface area contributed by atoms with Gasteiger partial charge in [-0.1, -0.05) is 13.3 Å². The molecule has 26 heavy (non-hydrogen) atoms. The molecule has 1 aliphatic rings. The molecule has 1 aromatic heterocycles. The molecule has 1 aliphatic heterocycles. The van der Waals surface area contributed by atoms with Crippen molar-refractivity contribution in [2.45, 2.75) is 50.7 Å². The zero-order valence-corrected chi connectivity index (χ0v) is 16.2. The quantitative estimate of drug-likeness (QED) is 0.768. The van der Waals surface area contributed by atoms with Crippen LogP contribution in [0.3, 0.4) is 0 Å². The second-order valence-corrected chi connectivity index (χ2v) is 8.56. The van der Waals surface area contributed by atoms with Crippen molar-refractivity contribution in [1.82, 2.24) is 9.21 Å². The standard InChI is InChI=1S/C17H26N2O6S/c1-4-5-12(2)18(3)16(20)13-8-10-19(11-9-13)26(23,24)15-7-6-14(25-15)17(21)22/h6-7,12-13H,4-5,8-11H2,1-3H3,(H,21,22). The molecule has 1 aromatic rings. The number of aromatic carboxylic acids is 1. The average molecular weight is 386 g/mol. The lowest BCUT2D eigenvalue weighted by Crippen LogP contribution is -2.45. The second-order valence-electron chi connectivity index (χ2n) is 6.69. The molecule has 1 atom stereocenters. The van der Waals surface area contributed by atoms with Crippen LogP contribution < -0.4 is 0 Å². The molecule has 0 bridgehead atoms. The Morgan fingerprint density at radius 2 is 1.96 bits per heavy atom. The predicted molar refractivity (Wildman–Crippen MR) is 94.3 cm³/mol. The molecule has 1 N–H and O–H groups in total. The maximum atomic E-state index is 12.6. The van der Waals surface area contributed by atoms with Crippen LogP contribution in [0.4, 0.5) is 0 Å². The Bertz CT molecular complexity index is 749. The lowest BCUT2D eigenvalue weighted by atomic mass is 9.96. The highest BCUT2D eigenvalue weighted by Crippen LogP contribution is 2.26. The number of amides is 1. The van der Waals surface area contributed by atoms with Crippen LogP contribution in [0.25, 0.3) is 0 Å². The van der Waals surface area contributed by atoms with Crippen molar-refractivity contribution < 1.29 is 27.5 Å². The normalized spacial score (nSPS) is 17.8. The Morgan fingerprint density at radius 1 is 1.35 bits per heavy atom. The Morgan fingerprint density at radius 3 is 2.46 bits per heavy atom. The van der Waals surface area contributed by atoms with Crippen molar-refractivity contribution in [3.63, 3.8) is 0 Å². The number of carbonyl (C=O) groups is 2. The molecule has 1 fully saturated rings. The molecule has 1 saturated heterocycles. The van der Waals surface area contributed by atoms with Gasteiger partial charge in [-0.15, -0.1) is 0 Å². The van der Waals surface area contributed by atoms with E-state index in [1.807, 2.05) is 6.92 Å². The lowest BCUT2D eigenvalue weighted by Gasteiger charge is -2.34. The molecular formula is C17H26N2O6S. The summed E-state index contributed by atoms with van der Waals surface area (Å²) in [6, 6.07) is 2.43. The van der Waals surface area contributed by atoms with Crippen LogP contribution in [0.5, 0.6) is 0 Å². The number of rotatable bonds is 7. The fraction of sp³-hybridized carbons (Fsp3) is 0.647. The van der Waals surface area contributed by atoms with Crippen LogP contribution in [0.2, 0.25) is 0 Å². The third kappa shape index (κ3) is 4.27. The fourth-order valence-electron chi connectivity index (χ4n) is 3.16. The van der Waals surface area contributed by atoms with E-state index >= 15 is 0 Å². The lowest BCUT2D eigenvalue weighted by molar-refractivity contribution is -0.137. The largest absolute Gasteiger partial charge is 0.475 e. The third-order valence-corrected chi connectivity index (χ3v) is 6.68. The number of furan rings is 1. The summed E-state index contributed by atoms with van der Waals surface area (Å²) >= 11 is 0. The molecule has 2 heterocycles. The maximum absolute atomic E-state index is 12.6. The number of piperidine rings is 1. The Kier molecular flexibility index (Phi) is 6.46. The van der Waals surface area contributed by atoms with Crippen LogP contribution >= 0.6 is 0 Å². The minimum absolute atomic E-state index is 0.0501. The summed E-state index contributed by atoms with van der Waals surface area (Å²) in [7, 11) is -2.10. The number of sulfonamides is 1. The average Bonchev–Trinajstić information content (AvgIpc) is 3.12. The number of carboxylic acid groups (broad SMARTS) is 1. The molecule has 1 unspecified atom stereocenters. The summed E-state index contributed by atoms with van der Waals surface area (Å²) in [4.78, 5) is 25.2.